The van der Waals surface area contributed by atoms with Crippen molar-refractivity contribution in [1.29, 1.82) is 0 Å². The van der Waals surface area contributed by atoms with Crippen molar-refractivity contribution < 1.29 is 32.5 Å². The zero-order valence-corrected chi connectivity index (χ0v) is 25.8. The summed E-state index contributed by atoms with van der Waals surface area (Å²) in [5.41, 5.74) is 3.38. The first kappa shape index (κ1) is 31.0. The lowest BCUT2D eigenvalue weighted by atomic mass is 10.0. The minimum atomic E-state index is -1.08. The van der Waals surface area contributed by atoms with Crippen LogP contribution in [0, 0.1) is 29.3 Å². The van der Waals surface area contributed by atoms with E-state index in [4.69, 9.17) is 9.47 Å². The molecule has 0 radical (unpaired) electrons. The average molecular weight is 668 g/mol. The molecular formula is C35H24F3N5O4S. The van der Waals surface area contributed by atoms with E-state index in [1.165, 1.54) is 47.9 Å². The van der Waals surface area contributed by atoms with Gasteiger partial charge in [-0.2, -0.15) is 0 Å². The molecule has 0 bridgehead atoms. The Bertz CT molecular complexity index is 2230. The SMILES string of the molecule is O=C(O)c1ccc2nc(Cc3cc(F)c(-c4cccc(OCc5ncc(C#Cc6cncs6)cc5F)n4)cc3F)n(C[C@@H]3CCO3)c2c1. The van der Waals surface area contributed by atoms with Crippen LogP contribution in [0.5, 0.6) is 5.88 Å². The zero-order chi connectivity index (χ0) is 33.2. The van der Waals surface area contributed by atoms with Gasteiger partial charge in [-0.15, -0.1) is 11.3 Å². The molecule has 0 unspecified atom stereocenters. The molecule has 1 saturated heterocycles. The molecule has 6 aromatic rings. The fourth-order valence-electron chi connectivity index (χ4n) is 5.21. The fourth-order valence-corrected chi connectivity index (χ4v) is 5.67. The van der Waals surface area contributed by atoms with Crippen molar-refractivity contribution >= 4 is 28.3 Å². The molecule has 0 amide bonds. The summed E-state index contributed by atoms with van der Waals surface area (Å²) >= 11 is 1.37. The third kappa shape index (κ3) is 6.62. The van der Waals surface area contributed by atoms with Crippen molar-refractivity contribution in [2.75, 3.05) is 6.61 Å². The highest BCUT2D eigenvalue weighted by Crippen LogP contribution is 2.29. The number of halogens is 3. The third-order valence-electron chi connectivity index (χ3n) is 7.77. The molecule has 0 saturated carbocycles. The molecule has 48 heavy (non-hydrogen) atoms. The number of fused-ring (bicyclic) bond motifs is 1. The lowest BCUT2D eigenvalue weighted by Gasteiger charge is -2.27. The monoisotopic (exact) mass is 667 g/mol. The summed E-state index contributed by atoms with van der Waals surface area (Å²) in [7, 11) is 0. The summed E-state index contributed by atoms with van der Waals surface area (Å²) in [6.45, 7) is 0.778. The molecule has 1 fully saturated rings. The Hall–Kier alpha value is -5.58. The molecule has 1 aliphatic rings. The van der Waals surface area contributed by atoms with Gasteiger partial charge in [0.05, 0.1) is 51.5 Å². The van der Waals surface area contributed by atoms with Crippen LogP contribution < -0.4 is 4.74 Å². The van der Waals surface area contributed by atoms with Crippen molar-refractivity contribution in [3.63, 3.8) is 0 Å². The molecule has 240 valence electrons. The highest BCUT2D eigenvalue weighted by Gasteiger charge is 2.24. The molecule has 2 aromatic carbocycles. The maximum atomic E-state index is 15.6. The van der Waals surface area contributed by atoms with Gasteiger partial charge in [-0.1, -0.05) is 12.0 Å². The molecule has 1 aliphatic heterocycles. The first-order valence-electron chi connectivity index (χ1n) is 14.8. The number of carboxylic acids is 1. The van der Waals surface area contributed by atoms with Gasteiger partial charge < -0.3 is 19.1 Å². The van der Waals surface area contributed by atoms with Crippen molar-refractivity contribution in [2.45, 2.75) is 32.1 Å². The predicted molar refractivity (Wildman–Crippen MR) is 170 cm³/mol. The largest absolute Gasteiger partial charge is 0.478 e. The van der Waals surface area contributed by atoms with E-state index in [2.05, 4.69) is 31.8 Å². The van der Waals surface area contributed by atoms with Crippen LogP contribution in [0.1, 0.15) is 44.3 Å². The summed E-state index contributed by atoms with van der Waals surface area (Å²) in [5, 5.41) is 9.48. The number of aromatic nitrogens is 5. The predicted octanol–water partition coefficient (Wildman–Crippen LogP) is 6.42. The van der Waals surface area contributed by atoms with E-state index in [1.807, 2.05) is 0 Å². The molecule has 1 atom stereocenters. The van der Waals surface area contributed by atoms with Crippen LogP contribution in [0.15, 0.2) is 72.5 Å². The average Bonchev–Trinajstić information content (AvgIpc) is 3.70. The lowest BCUT2D eigenvalue weighted by molar-refractivity contribution is -0.0589. The number of carbonyl (C=O) groups is 1. The van der Waals surface area contributed by atoms with Gasteiger partial charge in [0, 0.05) is 36.4 Å². The number of imidazole rings is 1. The van der Waals surface area contributed by atoms with E-state index < -0.39 is 23.4 Å². The van der Waals surface area contributed by atoms with Gasteiger partial charge in [-0.25, -0.2) is 27.9 Å². The molecule has 9 nitrogen and oxygen atoms in total. The third-order valence-corrected chi connectivity index (χ3v) is 8.46. The van der Waals surface area contributed by atoms with Crippen molar-refractivity contribution in [2.24, 2.45) is 0 Å². The van der Waals surface area contributed by atoms with E-state index >= 15 is 8.78 Å². The maximum absolute atomic E-state index is 15.6. The summed E-state index contributed by atoms with van der Waals surface area (Å²) in [4.78, 5) is 29.3. The standard InChI is InChI=1S/C35H24F3N5O4S/c36-26-14-25(29-2-1-3-34(42-29)47-18-31-28(38)10-20(15-40-31)4-6-24-16-39-19-48-24)27(37)11-22(26)13-33-41-30-7-5-21(35(44)45)12-32(30)43(33)17-23-8-9-46-23/h1-3,5,7,10-12,14-16,19,23H,8-9,13,17-18H2,(H,44,45)/t23-/m0/s1. The molecule has 0 aliphatic carbocycles. The highest BCUT2D eigenvalue weighted by molar-refractivity contribution is 7.10. The normalized spacial score (nSPS) is 13.9. The number of hydrogen-bond donors (Lipinski definition) is 1. The summed E-state index contributed by atoms with van der Waals surface area (Å²) in [6, 6.07) is 12.6. The van der Waals surface area contributed by atoms with E-state index in [1.54, 1.807) is 28.4 Å². The Morgan fingerprint density at radius 1 is 1.04 bits per heavy atom. The summed E-state index contributed by atoms with van der Waals surface area (Å²) < 4.78 is 58.8. The molecule has 13 heteroatoms. The first-order chi connectivity index (χ1) is 23.3. The van der Waals surface area contributed by atoms with Gasteiger partial charge >= 0.3 is 5.97 Å². The quantitative estimate of drug-likeness (QED) is 0.176. The maximum Gasteiger partial charge on any atom is 0.335 e. The topological polar surface area (TPSA) is 112 Å². The van der Waals surface area contributed by atoms with Gasteiger partial charge in [0.1, 0.15) is 35.6 Å². The first-order valence-corrected chi connectivity index (χ1v) is 15.7. The van der Waals surface area contributed by atoms with Crippen LogP contribution in [-0.2, 0) is 24.3 Å². The van der Waals surface area contributed by atoms with E-state index in [-0.39, 0.29) is 53.1 Å². The van der Waals surface area contributed by atoms with Crippen LogP contribution in [0.3, 0.4) is 0 Å². The van der Waals surface area contributed by atoms with E-state index in [0.717, 1.165) is 23.4 Å². The Balaban J connectivity index is 1.09. The van der Waals surface area contributed by atoms with Crippen LogP contribution in [0.2, 0.25) is 0 Å². The number of pyridine rings is 2. The number of thiazole rings is 1. The Morgan fingerprint density at radius 3 is 2.67 bits per heavy atom. The van der Waals surface area contributed by atoms with Crippen LogP contribution >= 0.6 is 11.3 Å². The minimum absolute atomic E-state index is 0.0289. The van der Waals surface area contributed by atoms with Gasteiger partial charge in [0.25, 0.3) is 0 Å². The minimum Gasteiger partial charge on any atom is -0.478 e. The molecule has 7 rings (SSSR count). The smallest absolute Gasteiger partial charge is 0.335 e. The van der Waals surface area contributed by atoms with Crippen LogP contribution in [0.4, 0.5) is 13.2 Å². The van der Waals surface area contributed by atoms with Gasteiger partial charge in [-0.05, 0) is 60.4 Å². The van der Waals surface area contributed by atoms with E-state index in [0.29, 0.717) is 35.6 Å². The Kier molecular flexibility index (Phi) is 8.58. The molecule has 5 heterocycles. The second-order valence-electron chi connectivity index (χ2n) is 10.9. The number of aromatic carboxylic acids is 1. The number of hydrogen-bond acceptors (Lipinski definition) is 8. The molecule has 0 spiro atoms. The van der Waals surface area contributed by atoms with Crippen molar-refractivity contribution in [3.05, 3.63) is 123 Å². The Labute approximate surface area is 275 Å². The second kappa shape index (κ2) is 13.3. The molecule has 1 N–H and O–H groups in total. The van der Waals surface area contributed by atoms with Gasteiger partial charge in [0.2, 0.25) is 5.88 Å². The number of carboxylic acid groups (broad SMARTS) is 1. The van der Waals surface area contributed by atoms with Crippen molar-refractivity contribution in [3.8, 4) is 29.0 Å². The van der Waals surface area contributed by atoms with E-state index in [9.17, 15) is 14.3 Å². The molecule has 4 aromatic heterocycles. The summed E-state index contributed by atoms with van der Waals surface area (Å²) in [6.07, 6.45) is 3.75. The number of ether oxygens (including phenoxy) is 2. The number of benzene rings is 2. The Morgan fingerprint density at radius 2 is 1.92 bits per heavy atom. The zero-order valence-electron chi connectivity index (χ0n) is 25.0. The number of rotatable bonds is 9. The van der Waals surface area contributed by atoms with Crippen molar-refractivity contribution in [1.82, 2.24) is 24.5 Å². The highest BCUT2D eigenvalue weighted by atomic mass is 32.1. The van der Waals surface area contributed by atoms with Gasteiger partial charge in [-0.3, -0.25) is 9.97 Å². The second-order valence-corrected chi connectivity index (χ2v) is 11.8. The molecular weight excluding hydrogens is 643 g/mol. The van der Waals surface area contributed by atoms with Crippen LogP contribution in [-0.4, -0.2) is 48.3 Å². The lowest BCUT2D eigenvalue weighted by Crippen LogP contribution is -2.31. The number of nitrogens with zero attached hydrogens (tertiary/aromatic N) is 5. The van der Waals surface area contributed by atoms with Gasteiger partial charge in [0.15, 0.2) is 0 Å². The van der Waals surface area contributed by atoms with Crippen LogP contribution in [0.25, 0.3) is 22.3 Å². The fraction of sp³-hybridized carbons (Fsp3) is 0.171. The summed E-state index contributed by atoms with van der Waals surface area (Å²) in [5.74, 6) is 3.17.